The van der Waals surface area contributed by atoms with E-state index in [0.29, 0.717) is 0 Å². The van der Waals surface area contributed by atoms with Crippen LogP contribution < -0.4 is 5.11 Å². The molecule has 0 saturated heterocycles. The van der Waals surface area contributed by atoms with Crippen molar-refractivity contribution in [3.05, 3.63) is 0 Å². The molecule has 1 unspecified atom stereocenters. The lowest BCUT2D eigenvalue weighted by atomic mass is 10.7. The summed E-state index contributed by atoms with van der Waals surface area (Å²) in [5.74, 6) is -1.05. The van der Waals surface area contributed by atoms with Gasteiger partial charge in [-0.1, -0.05) is 19.6 Å². The van der Waals surface area contributed by atoms with Crippen molar-refractivity contribution >= 4 is 22.4 Å². The summed E-state index contributed by atoms with van der Waals surface area (Å²) in [7, 11) is -3.59. The van der Waals surface area contributed by atoms with E-state index in [0.717, 1.165) is 0 Å². The Bertz CT molecular complexity index is 191. The Morgan fingerprint density at radius 1 is 1.15 bits per heavy atom. The normalized spacial score (nSPS) is 15.5. The summed E-state index contributed by atoms with van der Waals surface area (Å²) >= 11 is 0. The zero-order valence-electron chi connectivity index (χ0n) is 9.30. The van der Waals surface area contributed by atoms with E-state index in [1.807, 2.05) is 39.3 Å². The van der Waals surface area contributed by atoms with Crippen LogP contribution in [0, 0.1) is 0 Å². The molecule has 3 nitrogen and oxygen atoms in total. The van der Waals surface area contributed by atoms with Crippen LogP contribution in [0.2, 0.25) is 39.3 Å². The van der Waals surface area contributed by atoms with E-state index >= 15 is 0 Å². The maximum atomic E-state index is 10.8. The molecule has 0 heterocycles. The van der Waals surface area contributed by atoms with Crippen molar-refractivity contribution in [1.82, 2.24) is 0 Å². The van der Waals surface area contributed by atoms with Gasteiger partial charge in [-0.15, -0.1) is 0 Å². The van der Waals surface area contributed by atoms with Gasteiger partial charge in [-0.05, 0) is 19.6 Å². The number of carbonyl (C=O) groups is 1. The van der Waals surface area contributed by atoms with Crippen molar-refractivity contribution < 1.29 is 14.3 Å². The Morgan fingerprint density at radius 3 is 1.62 bits per heavy atom. The summed E-state index contributed by atoms with van der Waals surface area (Å²) < 4.78 is 5.60. The first-order chi connectivity index (χ1) is 5.54. The van der Waals surface area contributed by atoms with Crippen molar-refractivity contribution in [2.75, 3.05) is 0 Å². The van der Waals surface area contributed by atoms with Gasteiger partial charge in [0.2, 0.25) is 0 Å². The Kier molecular flexibility index (Phi) is 3.89. The van der Waals surface area contributed by atoms with Crippen LogP contribution in [-0.2, 0) is 9.22 Å². The van der Waals surface area contributed by atoms with Crippen LogP contribution in [0.25, 0.3) is 0 Å². The Hall–Kier alpha value is -0.136. The molecule has 0 aromatic heterocycles. The highest BCUT2D eigenvalue weighted by molar-refractivity contribution is 6.81. The average Bonchev–Trinajstić information content (AvgIpc) is 1.77. The van der Waals surface area contributed by atoms with Gasteiger partial charge in [0.1, 0.15) is 0 Å². The summed E-state index contributed by atoms with van der Waals surface area (Å²) in [5.41, 5.74) is -0.667. The molecule has 0 spiro atoms. The molecule has 13 heavy (non-hydrogen) atoms. The molecule has 0 bridgehead atoms. The molecule has 0 aliphatic rings. The maximum Gasteiger partial charge on any atom is 0.184 e. The zero-order chi connectivity index (χ0) is 10.9. The molecule has 78 valence electrons. The SMILES string of the molecule is C[Si](C)(C)OC(C(=O)[O-])[Si](C)(C)C. The second-order valence-corrected chi connectivity index (χ2v) is 15.0. The predicted octanol–water partition coefficient (Wildman–Crippen LogP) is 0.834. The molecule has 0 radical (unpaired) electrons. The predicted molar refractivity (Wildman–Crippen MR) is 56.6 cm³/mol. The second-order valence-electron chi connectivity index (χ2n) is 5.30. The summed E-state index contributed by atoms with van der Waals surface area (Å²) in [6.07, 6.45) is 0. The Morgan fingerprint density at radius 2 is 1.54 bits per heavy atom. The van der Waals surface area contributed by atoms with E-state index in [9.17, 15) is 9.90 Å². The minimum absolute atomic E-state index is 0.667. The van der Waals surface area contributed by atoms with Crippen molar-refractivity contribution in [2.24, 2.45) is 0 Å². The molecule has 0 fully saturated rings. The minimum atomic E-state index is -1.81. The number of carboxylic acid groups (broad SMARTS) is 1. The number of hydrogen-bond acceptors (Lipinski definition) is 3. The Labute approximate surface area is 82.2 Å². The molecule has 0 N–H and O–H groups in total. The third-order valence-electron chi connectivity index (χ3n) is 1.47. The van der Waals surface area contributed by atoms with Gasteiger partial charge in [-0.3, -0.25) is 0 Å². The Balaban J connectivity index is 4.56. The summed E-state index contributed by atoms with van der Waals surface area (Å²) in [5, 5.41) is 10.8. The number of aliphatic carboxylic acids is 1. The number of hydrogen-bond donors (Lipinski definition) is 0. The van der Waals surface area contributed by atoms with Gasteiger partial charge in [0.15, 0.2) is 8.32 Å². The third-order valence-corrected chi connectivity index (χ3v) is 4.58. The number of carbonyl (C=O) groups excluding carboxylic acids is 1. The van der Waals surface area contributed by atoms with Gasteiger partial charge in [-0.25, -0.2) is 0 Å². The van der Waals surface area contributed by atoms with Crippen molar-refractivity contribution in [3.8, 4) is 0 Å². The van der Waals surface area contributed by atoms with Crippen molar-refractivity contribution in [1.29, 1.82) is 0 Å². The molecule has 0 amide bonds. The molecule has 0 saturated carbocycles. The van der Waals surface area contributed by atoms with Crippen LogP contribution in [0.1, 0.15) is 0 Å². The average molecular weight is 219 g/mol. The highest BCUT2D eigenvalue weighted by Gasteiger charge is 2.32. The molecule has 0 aromatic carbocycles. The molecule has 5 heteroatoms. The van der Waals surface area contributed by atoms with Crippen LogP contribution >= 0.6 is 0 Å². The summed E-state index contributed by atoms with van der Waals surface area (Å²) in [6, 6.07) is 0. The second kappa shape index (κ2) is 3.93. The third kappa shape index (κ3) is 5.22. The first-order valence-electron chi connectivity index (χ1n) is 4.43. The van der Waals surface area contributed by atoms with Crippen LogP contribution in [0.15, 0.2) is 0 Å². The van der Waals surface area contributed by atoms with Gasteiger partial charge in [0.05, 0.1) is 19.8 Å². The van der Waals surface area contributed by atoms with Crippen LogP contribution in [-0.4, -0.2) is 28.1 Å². The van der Waals surface area contributed by atoms with Crippen LogP contribution in [0.4, 0.5) is 0 Å². The molecule has 0 aromatic rings. The lowest BCUT2D eigenvalue weighted by molar-refractivity contribution is -0.310. The van der Waals surface area contributed by atoms with Crippen LogP contribution in [0.5, 0.6) is 0 Å². The monoisotopic (exact) mass is 219 g/mol. The fourth-order valence-electron chi connectivity index (χ4n) is 0.932. The topological polar surface area (TPSA) is 49.4 Å². The van der Waals surface area contributed by atoms with E-state index in [1.165, 1.54) is 0 Å². The zero-order valence-corrected chi connectivity index (χ0v) is 11.3. The van der Waals surface area contributed by atoms with Crippen LogP contribution in [0.3, 0.4) is 0 Å². The van der Waals surface area contributed by atoms with Crippen molar-refractivity contribution in [2.45, 2.75) is 45.0 Å². The molecule has 0 aliphatic carbocycles. The lowest BCUT2D eigenvalue weighted by Gasteiger charge is -2.35. The van der Waals surface area contributed by atoms with E-state index in [-0.39, 0.29) is 0 Å². The molecule has 1 atom stereocenters. The van der Waals surface area contributed by atoms with Gasteiger partial charge < -0.3 is 14.3 Å². The highest BCUT2D eigenvalue weighted by Crippen LogP contribution is 2.16. The first kappa shape index (κ1) is 12.9. The van der Waals surface area contributed by atoms with Crippen molar-refractivity contribution in [3.63, 3.8) is 0 Å². The molecule has 0 aliphatic heterocycles. The summed E-state index contributed by atoms with van der Waals surface area (Å²) in [4.78, 5) is 10.8. The standard InChI is InChI=1S/C8H20O3Si2/c1-12(2,3)8(7(9)10)11-13(4,5)6/h8H,1-6H3,(H,9,10)/p-1. The first-order valence-corrected chi connectivity index (χ1v) is 11.4. The van der Waals surface area contributed by atoms with Gasteiger partial charge in [0, 0.05) is 0 Å². The maximum absolute atomic E-state index is 10.8. The van der Waals surface area contributed by atoms with Gasteiger partial charge >= 0.3 is 0 Å². The molecular formula is C8H19O3Si2-. The fourth-order valence-corrected chi connectivity index (χ4v) is 4.92. The summed E-state index contributed by atoms with van der Waals surface area (Å²) in [6.45, 7) is 11.9. The van der Waals surface area contributed by atoms with Gasteiger partial charge in [-0.2, -0.15) is 0 Å². The largest absolute Gasteiger partial charge is 0.548 e. The van der Waals surface area contributed by atoms with E-state index in [4.69, 9.17) is 4.43 Å². The van der Waals surface area contributed by atoms with E-state index in [1.54, 1.807) is 0 Å². The lowest BCUT2D eigenvalue weighted by Crippen LogP contribution is -2.55. The molecule has 0 rings (SSSR count). The number of carboxylic acids is 1. The fraction of sp³-hybridized carbons (Fsp3) is 0.875. The van der Waals surface area contributed by atoms with Gasteiger partial charge in [0.25, 0.3) is 0 Å². The minimum Gasteiger partial charge on any atom is -0.548 e. The van der Waals surface area contributed by atoms with E-state index < -0.39 is 28.1 Å². The number of rotatable bonds is 4. The molecular weight excluding hydrogens is 200 g/mol. The van der Waals surface area contributed by atoms with E-state index in [2.05, 4.69) is 0 Å². The highest BCUT2D eigenvalue weighted by atomic mass is 28.4. The quantitative estimate of drug-likeness (QED) is 0.658. The smallest absolute Gasteiger partial charge is 0.184 e.